The summed E-state index contributed by atoms with van der Waals surface area (Å²) in [5, 5.41) is 2.88. The Hall–Kier alpha value is -2.13. The minimum Gasteiger partial charge on any atom is -0.468 e. The zero-order valence-corrected chi connectivity index (χ0v) is 18.5. The summed E-state index contributed by atoms with van der Waals surface area (Å²) >= 11 is 9.55. The molecule has 0 aliphatic heterocycles. The van der Waals surface area contributed by atoms with Crippen molar-refractivity contribution in [1.82, 2.24) is 10.0 Å². The summed E-state index contributed by atoms with van der Waals surface area (Å²) in [6.45, 7) is 1.82. The molecule has 2 aromatic carbocycles. The number of carbonyl (C=O) groups excluding carboxylic acids is 1. The van der Waals surface area contributed by atoms with Gasteiger partial charge in [0.15, 0.2) is 0 Å². The van der Waals surface area contributed by atoms with Gasteiger partial charge in [0, 0.05) is 10.0 Å². The standard InChI is InChI=1S/C20H18BrClN2O4S/c1-13(16-6-2-3-7-17(16)21)24-20(25)14-8-9-18(22)19(11-14)29(26,27)23-12-15-5-4-10-28-15/h2-11,13,23H,12H2,1H3,(H,24,25). The summed E-state index contributed by atoms with van der Waals surface area (Å²) in [6.07, 6.45) is 1.45. The number of hydrogen-bond donors (Lipinski definition) is 2. The Balaban J connectivity index is 1.79. The fourth-order valence-electron chi connectivity index (χ4n) is 2.69. The number of furan rings is 1. The molecule has 0 aliphatic carbocycles. The van der Waals surface area contributed by atoms with Crippen LogP contribution in [0.15, 0.2) is 74.6 Å². The van der Waals surface area contributed by atoms with E-state index in [1.807, 2.05) is 31.2 Å². The number of benzene rings is 2. The van der Waals surface area contributed by atoms with E-state index in [9.17, 15) is 13.2 Å². The van der Waals surface area contributed by atoms with Gasteiger partial charge in [-0.2, -0.15) is 0 Å². The van der Waals surface area contributed by atoms with E-state index >= 15 is 0 Å². The molecular formula is C20H18BrClN2O4S. The van der Waals surface area contributed by atoms with Crippen molar-refractivity contribution in [2.75, 3.05) is 0 Å². The second-order valence-corrected chi connectivity index (χ2v) is 9.26. The Bertz CT molecular complexity index is 1120. The normalized spacial score (nSPS) is 12.5. The molecule has 1 atom stereocenters. The van der Waals surface area contributed by atoms with Gasteiger partial charge in [0.25, 0.3) is 5.91 Å². The summed E-state index contributed by atoms with van der Waals surface area (Å²) < 4.78 is 33.7. The first-order chi connectivity index (χ1) is 13.8. The monoisotopic (exact) mass is 496 g/mol. The van der Waals surface area contributed by atoms with Gasteiger partial charge in [0.1, 0.15) is 10.7 Å². The summed E-state index contributed by atoms with van der Waals surface area (Å²) in [7, 11) is -3.94. The van der Waals surface area contributed by atoms with E-state index in [1.165, 1.54) is 24.5 Å². The number of hydrogen-bond acceptors (Lipinski definition) is 4. The molecule has 1 heterocycles. The SMILES string of the molecule is CC(NC(=O)c1ccc(Cl)c(S(=O)(=O)NCc2ccco2)c1)c1ccccc1Br. The molecule has 29 heavy (non-hydrogen) atoms. The van der Waals surface area contributed by atoms with Gasteiger partial charge in [0.05, 0.1) is 23.9 Å². The Labute approximate surface area is 182 Å². The lowest BCUT2D eigenvalue weighted by Gasteiger charge is -2.16. The maximum atomic E-state index is 12.7. The quantitative estimate of drug-likeness (QED) is 0.497. The maximum absolute atomic E-state index is 12.7. The molecule has 9 heteroatoms. The molecule has 152 valence electrons. The van der Waals surface area contributed by atoms with Crippen LogP contribution in [0.2, 0.25) is 5.02 Å². The fraction of sp³-hybridized carbons (Fsp3) is 0.150. The molecule has 0 spiro atoms. The lowest BCUT2D eigenvalue weighted by molar-refractivity contribution is 0.0939. The molecule has 0 fully saturated rings. The van der Waals surface area contributed by atoms with Crippen molar-refractivity contribution in [3.05, 3.63) is 87.2 Å². The van der Waals surface area contributed by atoms with E-state index in [0.717, 1.165) is 10.0 Å². The van der Waals surface area contributed by atoms with Gasteiger partial charge in [-0.1, -0.05) is 45.7 Å². The molecule has 0 aliphatic rings. The summed E-state index contributed by atoms with van der Waals surface area (Å²) in [5.74, 6) is 0.0493. The van der Waals surface area contributed by atoms with Crippen LogP contribution < -0.4 is 10.0 Å². The molecule has 6 nitrogen and oxygen atoms in total. The van der Waals surface area contributed by atoms with Gasteiger partial charge >= 0.3 is 0 Å². The Morgan fingerprint density at radius 1 is 1.17 bits per heavy atom. The zero-order valence-electron chi connectivity index (χ0n) is 15.4. The van der Waals surface area contributed by atoms with Crippen molar-refractivity contribution in [2.24, 2.45) is 0 Å². The van der Waals surface area contributed by atoms with Crippen LogP contribution in [-0.2, 0) is 16.6 Å². The number of rotatable bonds is 7. The molecule has 1 aromatic heterocycles. The summed E-state index contributed by atoms with van der Waals surface area (Å²) in [5.41, 5.74) is 1.09. The highest BCUT2D eigenvalue weighted by Gasteiger charge is 2.21. The van der Waals surface area contributed by atoms with Crippen molar-refractivity contribution in [1.29, 1.82) is 0 Å². The average Bonchev–Trinajstić information content (AvgIpc) is 3.20. The van der Waals surface area contributed by atoms with Crippen LogP contribution in [0.25, 0.3) is 0 Å². The first-order valence-electron chi connectivity index (χ1n) is 8.65. The Morgan fingerprint density at radius 2 is 1.93 bits per heavy atom. The van der Waals surface area contributed by atoms with Crippen LogP contribution in [0.1, 0.15) is 34.6 Å². The van der Waals surface area contributed by atoms with Crippen molar-refractivity contribution >= 4 is 43.5 Å². The molecule has 1 unspecified atom stereocenters. The highest BCUT2D eigenvalue weighted by atomic mass is 79.9. The van der Waals surface area contributed by atoms with Crippen molar-refractivity contribution in [3.8, 4) is 0 Å². The molecule has 0 saturated heterocycles. The van der Waals surface area contributed by atoms with E-state index in [1.54, 1.807) is 12.1 Å². The number of amides is 1. The smallest absolute Gasteiger partial charge is 0.251 e. The van der Waals surface area contributed by atoms with E-state index in [0.29, 0.717) is 5.76 Å². The molecule has 0 saturated carbocycles. The topological polar surface area (TPSA) is 88.4 Å². The van der Waals surface area contributed by atoms with Gasteiger partial charge < -0.3 is 9.73 Å². The van der Waals surface area contributed by atoms with Crippen molar-refractivity contribution in [2.45, 2.75) is 24.4 Å². The fourth-order valence-corrected chi connectivity index (χ4v) is 4.84. The van der Waals surface area contributed by atoms with Gasteiger partial charge in [0.2, 0.25) is 10.0 Å². The first kappa shape index (κ1) is 21.6. The molecule has 1 amide bonds. The number of sulfonamides is 1. The van der Waals surface area contributed by atoms with Crippen LogP contribution in [-0.4, -0.2) is 14.3 Å². The van der Waals surface area contributed by atoms with Gasteiger partial charge in [-0.15, -0.1) is 0 Å². The third-order valence-corrected chi connectivity index (χ3v) is 6.82. The van der Waals surface area contributed by atoms with Crippen LogP contribution in [0.5, 0.6) is 0 Å². The Kier molecular flexibility index (Phi) is 6.79. The zero-order chi connectivity index (χ0) is 21.0. The molecule has 0 bridgehead atoms. The van der Waals surface area contributed by atoms with Gasteiger partial charge in [-0.3, -0.25) is 4.79 Å². The number of halogens is 2. The van der Waals surface area contributed by atoms with Crippen LogP contribution >= 0.6 is 27.5 Å². The molecule has 2 N–H and O–H groups in total. The predicted octanol–water partition coefficient (Wildman–Crippen LogP) is 4.67. The second kappa shape index (κ2) is 9.13. The average molecular weight is 498 g/mol. The van der Waals surface area contributed by atoms with E-state index in [-0.39, 0.29) is 28.1 Å². The predicted molar refractivity (Wildman–Crippen MR) is 114 cm³/mol. The lowest BCUT2D eigenvalue weighted by Crippen LogP contribution is -2.28. The highest BCUT2D eigenvalue weighted by Crippen LogP contribution is 2.25. The van der Waals surface area contributed by atoms with E-state index in [2.05, 4.69) is 26.0 Å². The third-order valence-electron chi connectivity index (χ3n) is 4.22. The first-order valence-corrected chi connectivity index (χ1v) is 11.3. The molecule has 3 aromatic rings. The van der Waals surface area contributed by atoms with Crippen LogP contribution in [0.4, 0.5) is 0 Å². The summed E-state index contributed by atoms with van der Waals surface area (Å²) in [6, 6.07) is 14.7. The van der Waals surface area contributed by atoms with Crippen LogP contribution in [0, 0.1) is 0 Å². The third kappa shape index (κ3) is 5.27. The van der Waals surface area contributed by atoms with Crippen molar-refractivity contribution in [3.63, 3.8) is 0 Å². The van der Waals surface area contributed by atoms with E-state index < -0.39 is 15.9 Å². The summed E-state index contributed by atoms with van der Waals surface area (Å²) in [4.78, 5) is 12.5. The lowest BCUT2D eigenvalue weighted by atomic mass is 10.1. The second-order valence-electron chi connectivity index (χ2n) is 6.27. The van der Waals surface area contributed by atoms with Crippen molar-refractivity contribution < 1.29 is 17.6 Å². The largest absolute Gasteiger partial charge is 0.468 e. The maximum Gasteiger partial charge on any atom is 0.251 e. The minimum absolute atomic E-state index is 0.0207. The molecular weight excluding hydrogens is 480 g/mol. The Morgan fingerprint density at radius 3 is 2.62 bits per heavy atom. The van der Waals surface area contributed by atoms with Crippen LogP contribution in [0.3, 0.4) is 0 Å². The number of nitrogens with one attached hydrogen (secondary N) is 2. The number of carbonyl (C=O) groups is 1. The van der Waals surface area contributed by atoms with Gasteiger partial charge in [-0.05, 0) is 48.9 Å². The minimum atomic E-state index is -3.94. The molecule has 3 rings (SSSR count). The van der Waals surface area contributed by atoms with E-state index in [4.69, 9.17) is 16.0 Å². The molecule has 0 radical (unpaired) electrons. The highest BCUT2D eigenvalue weighted by molar-refractivity contribution is 9.10. The van der Waals surface area contributed by atoms with Gasteiger partial charge in [-0.25, -0.2) is 13.1 Å².